The van der Waals surface area contributed by atoms with Gasteiger partial charge in [-0.05, 0) is 0 Å². The highest BCUT2D eigenvalue weighted by molar-refractivity contribution is 14.1. The van der Waals surface area contributed by atoms with Crippen LogP contribution >= 0.6 is 22.6 Å². The van der Waals surface area contributed by atoms with Crippen molar-refractivity contribution in [3.8, 4) is 0 Å². The van der Waals surface area contributed by atoms with E-state index in [4.69, 9.17) is 0 Å². The number of hydrogen-bond acceptors (Lipinski definition) is 5. The van der Waals surface area contributed by atoms with E-state index in [1.54, 1.807) is 5.64 Å². The van der Waals surface area contributed by atoms with Gasteiger partial charge in [-0.25, -0.2) is 9.59 Å². The highest BCUT2D eigenvalue weighted by Crippen LogP contribution is 1.86. The molecule has 0 aliphatic heterocycles. The third-order valence-corrected chi connectivity index (χ3v) is 0.484. The van der Waals surface area contributed by atoms with Crippen LogP contribution in [0.25, 0.3) is 0 Å². The van der Waals surface area contributed by atoms with E-state index in [9.17, 15) is 9.59 Å². The summed E-state index contributed by atoms with van der Waals surface area (Å²) in [5.41, 5.74) is 6.01. The topological polar surface area (TPSA) is 90.7 Å². The number of rotatable bonds is 2. The van der Waals surface area contributed by atoms with E-state index in [2.05, 4.69) is 15.4 Å². The first-order valence-electron chi connectivity index (χ1n) is 1.70. The van der Waals surface area contributed by atoms with Gasteiger partial charge in [0.15, 0.2) is 0 Å². The fourth-order valence-electron chi connectivity index (χ4n) is 0.0947. The van der Waals surface area contributed by atoms with Crippen molar-refractivity contribution in [3.05, 3.63) is 0 Å². The Morgan fingerprint density at radius 3 is 2.33 bits per heavy atom. The highest BCUT2D eigenvalue weighted by atomic mass is 127. The van der Waals surface area contributed by atoms with Crippen LogP contribution < -0.4 is 11.4 Å². The van der Waals surface area contributed by atoms with Gasteiger partial charge in [-0.1, -0.05) is 0 Å². The molecule has 0 fully saturated rings. The lowest BCUT2D eigenvalue weighted by molar-refractivity contribution is -0.0718. The molecule has 0 aromatic rings. The fourth-order valence-corrected chi connectivity index (χ4v) is 0.185. The molecule has 6 nitrogen and oxygen atoms in total. The summed E-state index contributed by atoms with van der Waals surface area (Å²) in [6, 6.07) is 0. The Morgan fingerprint density at radius 1 is 1.44 bits per heavy atom. The summed E-state index contributed by atoms with van der Waals surface area (Å²) < 4.78 is -0.658. The Labute approximate surface area is 63.7 Å². The van der Waals surface area contributed by atoms with E-state index in [1.165, 1.54) is 22.6 Å². The molecule has 1 amide bonds. The van der Waals surface area contributed by atoms with Crippen LogP contribution in [0.5, 0.6) is 0 Å². The quantitative estimate of drug-likeness (QED) is 0.408. The van der Waals surface area contributed by atoms with Crippen molar-refractivity contribution in [1.82, 2.24) is 5.64 Å². The molecule has 0 aromatic heterocycles. The van der Waals surface area contributed by atoms with Gasteiger partial charge in [0.2, 0.25) is 0 Å². The monoisotopic (exact) mass is 246 g/mol. The minimum Gasteiger partial charge on any atom is -0.333 e. The fraction of sp³-hybridized carbons (Fsp3) is 0. The smallest absolute Gasteiger partial charge is 0.333 e. The minimum absolute atomic E-state index is 0.658. The number of nitrogens with one attached hydrogen (secondary N) is 1. The largest absolute Gasteiger partial charge is 0.426 e. The van der Waals surface area contributed by atoms with Crippen molar-refractivity contribution < 1.29 is 19.3 Å². The van der Waals surface area contributed by atoms with E-state index in [0.29, 0.717) is 0 Å². The Balaban J connectivity index is 3.10. The average molecular weight is 246 g/mol. The van der Waals surface area contributed by atoms with Crippen molar-refractivity contribution >= 4 is 32.7 Å². The lowest BCUT2D eigenvalue weighted by atomic mass is 11.3. The predicted octanol–water partition coefficient (Wildman–Crippen LogP) is 0.0729. The molecule has 0 aliphatic carbocycles. The normalized spacial score (nSPS) is 8.11. The van der Waals surface area contributed by atoms with E-state index in [1.807, 2.05) is 0 Å². The summed E-state index contributed by atoms with van der Waals surface area (Å²) >= 11 is 1.33. The molecule has 0 rings (SSSR count). The van der Waals surface area contributed by atoms with Gasteiger partial charge >= 0.3 is 10.1 Å². The second-order valence-corrected chi connectivity index (χ2v) is 1.72. The van der Waals surface area contributed by atoms with Gasteiger partial charge in [-0.2, -0.15) is 0 Å². The molecule has 3 N–H and O–H groups in total. The van der Waals surface area contributed by atoms with Crippen LogP contribution in [-0.2, 0) is 9.68 Å². The Hall–Kier alpha value is -0.570. The van der Waals surface area contributed by atoms with Gasteiger partial charge < -0.3 is 15.4 Å². The molecule has 7 heteroatoms. The summed E-state index contributed by atoms with van der Waals surface area (Å²) in [6.07, 6.45) is -1.08. The molecule has 52 valence electrons. The minimum atomic E-state index is -1.08. The molecular weight excluding hydrogens is 243 g/mol. The molecule has 0 heterocycles. The molecule has 0 atom stereocenters. The summed E-state index contributed by atoms with van der Waals surface area (Å²) in [6.45, 7) is 0. The number of amides is 1. The maximum atomic E-state index is 9.90. The van der Waals surface area contributed by atoms with Crippen molar-refractivity contribution in [1.29, 1.82) is 0 Å². The highest BCUT2D eigenvalue weighted by Gasteiger charge is 1.95. The van der Waals surface area contributed by atoms with Crippen LogP contribution in [0.1, 0.15) is 0 Å². The molecule has 0 unspecified atom stereocenters. The Bertz CT molecular complexity index is 112. The van der Waals surface area contributed by atoms with Crippen molar-refractivity contribution in [2.45, 2.75) is 0 Å². The first-order chi connectivity index (χ1) is 4.13. The lowest BCUT2D eigenvalue weighted by Gasteiger charge is -1.97. The zero-order valence-corrected chi connectivity index (χ0v) is 6.25. The third-order valence-electron chi connectivity index (χ3n) is 0.264. The molecular formula is C2H3IN2O4. The molecule has 0 aromatic carbocycles. The van der Waals surface area contributed by atoms with Crippen LogP contribution in [0.2, 0.25) is 0 Å². The molecule has 0 bridgehead atoms. The number of carbonyl (C=O) groups is 2. The van der Waals surface area contributed by atoms with Gasteiger partial charge in [0.1, 0.15) is 0 Å². The van der Waals surface area contributed by atoms with Crippen molar-refractivity contribution in [2.24, 2.45) is 5.73 Å². The number of primary amides is 1. The molecule has 0 saturated carbocycles. The second kappa shape index (κ2) is 4.32. The average Bonchev–Trinajstić information content (AvgIpc) is 1.63. The van der Waals surface area contributed by atoms with Crippen LogP contribution in [0, 0.1) is 0 Å². The summed E-state index contributed by atoms with van der Waals surface area (Å²) in [5, 5.41) is 0. The summed E-state index contributed by atoms with van der Waals surface area (Å²) in [4.78, 5) is 27.3. The zero-order valence-electron chi connectivity index (χ0n) is 4.09. The van der Waals surface area contributed by atoms with E-state index in [-0.39, 0.29) is 0 Å². The van der Waals surface area contributed by atoms with Gasteiger partial charge in [0.05, 0.1) is 22.6 Å². The van der Waals surface area contributed by atoms with Crippen molar-refractivity contribution in [2.75, 3.05) is 0 Å². The summed E-state index contributed by atoms with van der Waals surface area (Å²) in [5.74, 6) is 0. The Morgan fingerprint density at radius 2 is 2.00 bits per heavy atom. The van der Waals surface area contributed by atoms with Crippen LogP contribution in [0.15, 0.2) is 0 Å². The summed E-state index contributed by atoms with van der Waals surface area (Å²) in [7, 11) is 0. The second-order valence-electron chi connectivity index (χ2n) is 0.844. The predicted molar refractivity (Wildman–Crippen MR) is 34.3 cm³/mol. The van der Waals surface area contributed by atoms with Gasteiger partial charge in [-0.15, -0.1) is 0 Å². The number of hydrogen-bond donors (Lipinski definition) is 2. The molecule has 0 radical (unpaired) electrons. The van der Waals surface area contributed by atoms with E-state index in [0.717, 1.165) is 0 Å². The van der Waals surface area contributed by atoms with Crippen LogP contribution in [-0.4, -0.2) is 10.1 Å². The third kappa shape index (κ3) is 7.43. The first-order valence-corrected chi connectivity index (χ1v) is 2.78. The van der Waals surface area contributed by atoms with Gasteiger partial charge in [0.25, 0.3) is 0 Å². The molecule has 0 saturated heterocycles. The maximum Gasteiger partial charge on any atom is 0.426 e. The van der Waals surface area contributed by atoms with Crippen LogP contribution in [0.3, 0.4) is 0 Å². The standard InChI is InChI=1S/C2H3IN2O4/c3-1(6)8-5-9-2(4)7/h5H,(H2,4,7). The van der Waals surface area contributed by atoms with Gasteiger partial charge in [-0.3, -0.25) is 0 Å². The molecule has 0 aliphatic rings. The zero-order chi connectivity index (χ0) is 7.28. The van der Waals surface area contributed by atoms with E-state index < -0.39 is 10.1 Å². The number of carbonyl (C=O) groups excluding carboxylic acids is 2. The van der Waals surface area contributed by atoms with Gasteiger partial charge in [0, 0.05) is 5.64 Å². The molecule has 0 spiro atoms. The SMILES string of the molecule is NC(=O)ONOC(=O)I. The molecule has 9 heavy (non-hydrogen) atoms. The maximum absolute atomic E-state index is 9.90. The lowest BCUT2D eigenvalue weighted by Crippen LogP contribution is -2.25. The number of nitrogens with two attached hydrogens (primary N) is 1. The van der Waals surface area contributed by atoms with Crippen molar-refractivity contribution in [3.63, 3.8) is 0 Å². The van der Waals surface area contributed by atoms with Crippen LogP contribution in [0.4, 0.5) is 9.59 Å². The number of halogens is 1. The Kier molecular flexibility index (Phi) is 4.05. The first kappa shape index (κ1) is 8.43. The van der Waals surface area contributed by atoms with E-state index >= 15 is 0 Å².